The van der Waals surface area contributed by atoms with Crippen LogP contribution in [0.5, 0.6) is 0 Å². The second-order valence-electron chi connectivity index (χ2n) is 6.10. The second-order valence-corrected chi connectivity index (χ2v) is 10.1. The van der Waals surface area contributed by atoms with Crippen molar-refractivity contribution in [1.29, 1.82) is 0 Å². The number of allylic oxidation sites excluding steroid dienone is 2. The van der Waals surface area contributed by atoms with E-state index in [1.54, 1.807) is 14.2 Å². The zero-order valence-corrected chi connectivity index (χ0v) is 14.5. The van der Waals surface area contributed by atoms with E-state index in [0.717, 1.165) is 17.9 Å². The van der Waals surface area contributed by atoms with Gasteiger partial charge in [0, 0.05) is 8.80 Å². The van der Waals surface area contributed by atoms with Crippen LogP contribution in [-0.4, -0.2) is 23.0 Å². The van der Waals surface area contributed by atoms with E-state index < -0.39 is 0 Å². The molecule has 0 aromatic rings. The molecule has 106 valence electrons. The van der Waals surface area contributed by atoms with Crippen molar-refractivity contribution < 1.29 is 9.47 Å². The molecule has 0 atom stereocenters. The summed E-state index contributed by atoms with van der Waals surface area (Å²) in [6, 6.07) is 0. The first-order valence-electron chi connectivity index (χ1n) is 6.72. The number of hydrogen-bond donors (Lipinski definition) is 0. The van der Waals surface area contributed by atoms with Crippen molar-refractivity contribution in [3.63, 3.8) is 0 Å². The van der Waals surface area contributed by atoms with E-state index in [1.807, 2.05) is 0 Å². The van der Waals surface area contributed by atoms with Crippen LogP contribution < -0.4 is 0 Å². The van der Waals surface area contributed by atoms with Gasteiger partial charge in [-0.05, 0) is 30.5 Å². The minimum atomic E-state index is -0.359. The van der Waals surface area contributed by atoms with Crippen molar-refractivity contribution in [2.45, 2.75) is 52.2 Å². The van der Waals surface area contributed by atoms with Crippen LogP contribution in [-0.2, 0) is 9.47 Å². The van der Waals surface area contributed by atoms with E-state index in [4.69, 9.17) is 9.47 Å². The Morgan fingerprint density at radius 2 is 1.39 bits per heavy atom. The number of methoxy groups -OCH3 is 2. The van der Waals surface area contributed by atoms with Crippen molar-refractivity contribution in [3.05, 3.63) is 23.7 Å². The van der Waals surface area contributed by atoms with Gasteiger partial charge in [-0.15, -0.1) is 0 Å². The molecule has 0 bridgehead atoms. The lowest BCUT2D eigenvalue weighted by molar-refractivity contribution is 0.196. The fourth-order valence-electron chi connectivity index (χ4n) is 1.31. The van der Waals surface area contributed by atoms with Gasteiger partial charge in [0.2, 0.25) is 0 Å². The molecular weight excluding hydrogens is 240 g/mol. The first-order valence-corrected chi connectivity index (χ1v) is 9.60. The molecule has 1 aliphatic rings. The molecule has 0 spiro atoms. The molecular formula is C15H30O2Si. The molecule has 2 nitrogen and oxygen atoms in total. The van der Waals surface area contributed by atoms with Crippen LogP contribution >= 0.6 is 0 Å². The fourth-order valence-corrected chi connectivity index (χ4v) is 1.31. The van der Waals surface area contributed by atoms with Crippen molar-refractivity contribution >= 4 is 8.80 Å². The Morgan fingerprint density at radius 1 is 1.06 bits per heavy atom. The van der Waals surface area contributed by atoms with Gasteiger partial charge in [0.15, 0.2) is 0 Å². The zero-order chi connectivity index (χ0) is 14.3. The summed E-state index contributed by atoms with van der Waals surface area (Å²) < 4.78 is 10.4. The minimum absolute atomic E-state index is 0.277. The predicted molar refractivity (Wildman–Crippen MR) is 82.6 cm³/mol. The molecule has 0 unspecified atom stereocenters. The van der Waals surface area contributed by atoms with Gasteiger partial charge in [-0.2, -0.15) is 0 Å². The van der Waals surface area contributed by atoms with Crippen molar-refractivity contribution in [3.8, 4) is 0 Å². The predicted octanol–water partition coefficient (Wildman–Crippen LogP) is 4.36. The molecule has 1 aliphatic carbocycles. The molecule has 0 aromatic heterocycles. The number of rotatable bonds is 2. The molecule has 0 fully saturated rings. The third-order valence-corrected chi connectivity index (χ3v) is 7.16. The van der Waals surface area contributed by atoms with Crippen LogP contribution in [0.25, 0.3) is 0 Å². The van der Waals surface area contributed by atoms with Crippen molar-refractivity contribution in [2.75, 3.05) is 14.2 Å². The highest BCUT2D eigenvalue weighted by atomic mass is 28.3. The van der Waals surface area contributed by atoms with Gasteiger partial charge in [0.05, 0.1) is 20.1 Å². The van der Waals surface area contributed by atoms with Gasteiger partial charge < -0.3 is 9.47 Å². The highest BCUT2D eigenvalue weighted by molar-refractivity contribution is 6.59. The largest absolute Gasteiger partial charge is 0.501 e. The molecule has 0 heterocycles. The Hall–Kier alpha value is -0.703. The highest BCUT2D eigenvalue weighted by Gasteiger charge is 2.17. The summed E-state index contributed by atoms with van der Waals surface area (Å²) >= 11 is 0. The normalized spacial score (nSPS) is 16.5. The Morgan fingerprint density at radius 3 is 1.61 bits per heavy atom. The van der Waals surface area contributed by atoms with E-state index in [0.29, 0.717) is 5.04 Å². The van der Waals surface area contributed by atoms with Crippen LogP contribution in [0.1, 0.15) is 34.1 Å². The fraction of sp³-hybridized carbons (Fsp3) is 0.733. The van der Waals surface area contributed by atoms with Crippen LogP contribution in [0.2, 0.25) is 18.1 Å². The van der Waals surface area contributed by atoms with Crippen molar-refractivity contribution in [1.82, 2.24) is 0 Å². The third kappa shape index (κ3) is 5.76. The molecule has 18 heavy (non-hydrogen) atoms. The van der Waals surface area contributed by atoms with Gasteiger partial charge in [0.25, 0.3) is 0 Å². The standard InChI is InChI=1S/C9H14O2.C6H16Si/c1-7-8(10-2)5-4-6-9(7)11-3;1-6(2,3)7(4)5/h5-7H,4H2,1-3H3;7H,1-5H3. The summed E-state index contributed by atoms with van der Waals surface area (Å²) in [6.07, 6.45) is 5.07. The van der Waals surface area contributed by atoms with E-state index in [1.165, 1.54) is 0 Å². The monoisotopic (exact) mass is 270 g/mol. The maximum atomic E-state index is 5.18. The summed E-state index contributed by atoms with van der Waals surface area (Å²) in [5, 5.41) is 0.639. The molecule has 0 radical (unpaired) electrons. The first-order chi connectivity index (χ1) is 8.23. The smallest absolute Gasteiger partial charge is 0.102 e. The number of hydrogen-bond acceptors (Lipinski definition) is 2. The van der Waals surface area contributed by atoms with Crippen molar-refractivity contribution in [2.24, 2.45) is 5.92 Å². The van der Waals surface area contributed by atoms with Gasteiger partial charge in [-0.1, -0.05) is 33.9 Å². The van der Waals surface area contributed by atoms with Crippen LogP contribution in [0, 0.1) is 5.92 Å². The van der Waals surface area contributed by atoms with E-state index in [2.05, 4.69) is 52.9 Å². The van der Waals surface area contributed by atoms with Crippen LogP contribution in [0.15, 0.2) is 23.7 Å². The third-order valence-electron chi connectivity index (χ3n) is 3.70. The average Bonchev–Trinajstić information content (AvgIpc) is 2.29. The molecule has 0 aromatic carbocycles. The summed E-state index contributed by atoms with van der Waals surface area (Å²) in [5.41, 5.74) is 0. The van der Waals surface area contributed by atoms with E-state index in [-0.39, 0.29) is 14.7 Å². The lowest BCUT2D eigenvalue weighted by Crippen LogP contribution is -2.16. The van der Waals surface area contributed by atoms with E-state index in [9.17, 15) is 0 Å². The van der Waals surface area contributed by atoms with Crippen LogP contribution in [0.3, 0.4) is 0 Å². The molecule has 0 aliphatic heterocycles. The van der Waals surface area contributed by atoms with Crippen LogP contribution in [0.4, 0.5) is 0 Å². The van der Waals surface area contributed by atoms with Gasteiger partial charge >= 0.3 is 0 Å². The Labute approximate surface area is 115 Å². The maximum Gasteiger partial charge on any atom is 0.102 e. The highest BCUT2D eigenvalue weighted by Crippen LogP contribution is 2.26. The molecule has 0 saturated carbocycles. The average molecular weight is 270 g/mol. The summed E-state index contributed by atoms with van der Waals surface area (Å²) in [6.45, 7) is 13.8. The zero-order valence-electron chi connectivity index (χ0n) is 13.3. The SMILES string of the molecule is COC1=CCC=C(OC)C1C.C[SiH](C)C(C)(C)C. The first kappa shape index (κ1) is 17.3. The van der Waals surface area contributed by atoms with Gasteiger partial charge in [0.1, 0.15) is 11.5 Å². The summed E-state index contributed by atoms with van der Waals surface area (Å²) in [7, 11) is 3.03. The van der Waals surface area contributed by atoms with Gasteiger partial charge in [-0.3, -0.25) is 0 Å². The molecule has 0 amide bonds. The Balaban J connectivity index is 0.000000360. The second kappa shape index (κ2) is 7.67. The Bertz CT molecular complexity index is 278. The molecule has 1 rings (SSSR count). The maximum absolute atomic E-state index is 5.18. The number of ether oxygens (including phenoxy) is 2. The minimum Gasteiger partial charge on any atom is -0.501 e. The topological polar surface area (TPSA) is 18.5 Å². The quantitative estimate of drug-likeness (QED) is 0.694. The molecule has 0 N–H and O–H groups in total. The molecule has 0 saturated heterocycles. The van der Waals surface area contributed by atoms with E-state index >= 15 is 0 Å². The molecule has 3 heteroatoms. The lowest BCUT2D eigenvalue weighted by atomic mass is 10.0. The lowest BCUT2D eigenvalue weighted by Gasteiger charge is -2.21. The summed E-state index contributed by atoms with van der Waals surface area (Å²) in [5.74, 6) is 2.28. The Kier molecular flexibility index (Phi) is 7.37. The van der Waals surface area contributed by atoms with Gasteiger partial charge in [-0.25, -0.2) is 0 Å². The summed E-state index contributed by atoms with van der Waals surface area (Å²) in [4.78, 5) is 0.